The minimum absolute atomic E-state index is 0.732. The maximum atomic E-state index is 6.07. The van der Waals surface area contributed by atoms with Crippen LogP contribution in [-0.4, -0.2) is 6.04 Å². The van der Waals surface area contributed by atoms with Crippen molar-refractivity contribution in [3.63, 3.8) is 0 Å². The van der Waals surface area contributed by atoms with E-state index in [1.54, 1.807) is 0 Å². The number of nitrogens with one attached hydrogen (secondary N) is 1. The first-order valence-corrected chi connectivity index (χ1v) is 8.05. The standard InChI is InChI=1S/C17H18INO/c1-12-6-7-13(11-19-14-8-9-14)10-17(12)20-16-5-3-2-4-15(16)18/h2-7,10,14,19H,8-9,11H2,1H3. The lowest BCUT2D eigenvalue weighted by atomic mass is 10.1. The molecule has 0 bridgehead atoms. The molecule has 3 rings (SSSR count). The lowest BCUT2D eigenvalue weighted by Crippen LogP contribution is -2.15. The van der Waals surface area contributed by atoms with Gasteiger partial charge in [0, 0.05) is 12.6 Å². The molecule has 2 aromatic carbocycles. The number of aryl methyl sites for hydroxylation is 1. The zero-order chi connectivity index (χ0) is 13.9. The third-order valence-corrected chi connectivity index (χ3v) is 4.37. The molecule has 20 heavy (non-hydrogen) atoms. The van der Waals surface area contributed by atoms with Gasteiger partial charge in [-0.3, -0.25) is 0 Å². The van der Waals surface area contributed by atoms with Crippen molar-refractivity contribution in [1.82, 2.24) is 5.32 Å². The molecule has 0 unspecified atom stereocenters. The highest BCUT2D eigenvalue weighted by Crippen LogP contribution is 2.29. The summed E-state index contributed by atoms with van der Waals surface area (Å²) in [5.74, 6) is 1.87. The Morgan fingerprint density at radius 2 is 1.95 bits per heavy atom. The van der Waals surface area contributed by atoms with Crippen molar-refractivity contribution < 1.29 is 4.74 Å². The van der Waals surface area contributed by atoms with Crippen LogP contribution in [0.2, 0.25) is 0 Å². The summed E-state index contributed by atoms with van der Waals surface area (Å²) in [5, 5.41) is 3.54. The van der Waals surface area contributed by atoms with Crippen molar-refractivity contribution in [3.05, 3.63) is 57.2 Å². The fourth-order valence-corrected chi connectivity index (χ4v) is 2.56. The number of hydrogen-bond acceptors (Lipinski definition) is 2. The summed E-state index contributed by atoms with van der Waals surface area (Å²) < 4.78 is 7.20. The molecule has 0 amide bonds. The van der Waals surface area contributed by atoms with E-state index in [1.807, 2.05) is 18.2 Å². The Balaban J connectivity index is 1.77. The van der Waals surface area contributed by atoms with Gasteiger partial charge in [0.15, 0.2) is 0 Å². The molecule has 104 valence electrons. The second kappa shape index (κ2) is 6.14. The third kappa shape index (κ3) is 3.52. The van der Waals surface area contributed by atoms with Crippen LogP contribution in [0.15, 0.2) is 42.5 Å². The van der Waals surface area contributed by atoms with E-state index in [2.05, 4.69) is 59.1 Å². The highest BCUT2D eigenvalue weighted by atomic mass is 127. The molecule has 1 N–H and O–H groups in total. The van der Waals surface area contributed by atoms with E-state index in [4.69, 9.17) is 4.74 Å². The van der Waals surface area contributed by atoms with Crippen LogP contribution in [0, 0.1) is 10.5 Å². The maximum Gasteiger partial charge on any atom is 0.140 e. The molecule has 1 aliphatic carbocycles. The number of halogens is 1. The van der Waals surface area contributed by atoms with Crippen LogP contribution < -0.4 is 10.1 Å². The van der Waals surface area contributed by atoms with Crippen molar-refractivity contribution in [2.75, 3.05) is 0 Å². The predicted molar refractivity (Wildman–Crippen MR) is 90.3 cm³/mol. The van der Waals surface area contributed by atoms with Gasteiger partial charge in [-0.05, 0) is 71.7 Å². The van der Waals surface area contributed by atoms with Crippen LogP contribution >= 0.6 is 22.6 Å². The molecule has 0 radical (unpaired) electrons. The number of rotatable bonds is 5. The van der Waals surface area contributed by atoms with Gasteiger partial charge in [-0.15, -0.1) is 0 Å². The molecule has 0 atom stereocenters. The van der Waals surface area contributed by atoms with Crippen LogP contribution in [0.3, 0.4) is 0 Å². The topological polar surface area (TPSA) is 21.3 Å². The molecule has 0 heterocycles. The number of hydrogen-bond donors (Lipinski definition) is 1. The van der Waals surface area contributed by atoms with Gasteiger partial charge in [-0.25, -0.2) is 0 Å². The van der Waals surface area contributed by atoms with Gasteiger partial charge in [0.2, 0.25) is 0 Å². The largest absolute Gasteiger partial charge is 0.456 e. The van der Waals surface area contributed by atoms with Gasteiger partial charge in [0.1, 0.15) is 11.5 Å². The summed E-state index contributed by atoms with van der Waals surface area (Å²) >= 11 is 2.30. The Labute approximate surface area is 133 Å². The molecule has 0 spiro atoms. The maximum absolute atomic E-state index is 6.07. The quantitative estimate of drug-likeness (QED) is 0.764. The van der Waals surface area contributed by atoms with E-state index in [-0.39, 0.29) is 0 Å². The third-order valence-electron chi connectivity index (χ3n) is 3.48. The molecule has 0 aromatic heterocycles. The van der Waals surface area contributed by atoms with Gasteiger partial charge in [0.05, 0.1) is 3.57 Å². The Morgan fingerprint density at radius 1 is 1.15 bits per heavy atom. The van der Waals surface area contributed by atoms with Crippen molar-refractivity contribution in [2.24, 2.45) is 0 Å². The number of para-hydroxylation sites is 1. The van der Waals surface area contributed by atoms with Crippen molar-refractivity contribution in [3.8, 4) is 11.5 Å². The molecule has 0 saturated heterocycles. The van der Waals surface area contributed by atoms with Gasteiger partial charge in [-0.1, -0.05) is 24.3 Å². The van der Waals surface area contributed by atoms with E-state index in [0.717, 1.165) is 27.7 Å². The van der Waals surface area contributed by atoms with Crippen LogP contribution in [0.5, 0.6) is 11.5 Å². The highest BCUT2D eigenvalue weighted by molar-refractivity contribution is 14.1. The van der Waals surface area contributed by atoms with Gasteiger partial charge < -0.3 is 10.1 Å². The highest BCUT2D eigenvalue weighted by Gasteiger charge is 2.20. The van der Waals surface area contributed by atoms with Gasteiger partial charge in [-0.2, -0.15) is 0 Å². The van der Waals surface area contributed by atoms with Gasteiger partial charge >= 0.3 is 0 Å². The van der Waals surface area contributed by atoms with E-state index in [9.17, 15) is 0 Å². The van der Waals surface area contributed by atoms with E-state index >= 15 is 0 Å². The molecule has 1 saturated carbocycles. The Hall–Kier alpha value is -1.07. The molecule has 3 heteroatoms. The molecule has 0 aliphatic heterocycles. The summed E-state index contributed by atoms with van der Waals surface area (Å²) in [7, 11) is 0. The summed E-state index contributed by atoms with van der Waals surface area (Å²) in [6.07, 6.45) is 2.63. The second-order valence-corrected chi connectivity index (χ2v) is 6.45. The lowest BCUT2D eigenvalue weighted by molar-refractivity contribution is 0.474. The molecular weight excluding hydrogens is 361 g/mol. The first-order chi connectivity index (χ1) is 9.72. The Morgan fingerprint density at radius 3 is 2.70 bits per heavy atom. The zero-order valence-corrected chi connectivity index (χ0v) is 13.7. The van der Waals surface area contributed by atoms with E-state index in [1.165, 1.54) is 24.0 Å². The molecule has 2 aromatic rings. The monoisotopic (exact) mass is 379 g/mol. The fraction of sp³-hybridized carbons (Fsp3) is 0.294. The Kier molecular flexibility index (Phi) is 4.27. The predicted octanol–water partition coefficient (Wildman–Crippen LogP) is 4.64. The minimum atomic E-state index is 0.732. The molecule has 1 fully saturated rings. The lowest BCUT2D eigenvalue weighted by Gasteiger charge is -2.12. The average molecular weight is 379 g/mol. The van der Waals surface area contributed by atoms with Crippen LogP contribution in [0.1, 0.15) is 24.0 Å². The average Bonchev–Trinajstić information content (AvgIpc) is 3.26. The van der Waals surface area contributed by atoms with Gasteiger partial charge in [0.25, 0.3) is 0 Å². The summed E-state index contributed by atoms with van der Waals surface area (Å²) in [5.41, 5.74) is 2.45. The zero-order valence-electron chi connectivity index (χ0n) is 11.5. The SMILES string of the molecule is Cc1ccc(CNC2CC2)cc1Oc1ccccc1I. The van der Waals surface area contributed by atoms with Crippen molar-refractivity contribution >= 4 is 22.6 Å². The first-order valence-electron chi connectivity index (χ1n) is 6.97. The molecule has 2 nitrogen and oxygen atoms in total. The summed E-state index contributed by atoms with van der Waals surface area (Å²) in [6.45, 7) is 3.01. The van der Waals surface area contributed by atoms with Crippen LogP contribution in [0.4, 0.5) is 0 Å². The van der Waals surface area contributed by atoms with Crippen LogP contribution in [0.25, 0.3) is 0 Å². The van der Waals surface area contributed by atoms with E-state index in [0.29, 0.717) is 0 Å². The van der Waals surface area contributed by atoms with Crippen LogP contribution in [-0.2, 0) is 6.54 Å². The second-order valence-electron chi connectivity index (χ2n) is 5.29. The fourth-order valence-electron chi connectivity index (χ4n) is 2.06. The van der Waals surface area contributed by atoms with E-state index < -0.39 is 0 Å². The molecule has 1 aliphatic rings. The van der Waals surface area contributed by atoms with Crippen molar-refractivity contribution in [2.45, 2.75) is 32.4 Å². The van der Waals surface area contributed by atoms with Crippen molar-refractivity contribution in [1.29, 1.82) is 0 Å². The smallest absolute Gasteiger partial charge is 0.140 e. The normalized spacial score (nSPS) is 14.3. The number of benzene rings is 2. The Bertz CT molecular complexity index is 608. The minimum Gasteiger partial charge on any atom is -0.456 e. The number of ether oxygens (including phenoxy) is 1. The first kappa shape index (κ1) is 13.9. The molecular formula is C17H18INO. The summed E-state index contributed by atoms with van der Waals surface area (Å²) in [4.78, 5) is 0. The summed E-state index contributed by atoms with van der Waals surface area (Å²) in [6, 6.07) is 15.3.